The van der Waals surface area contributed by atoms with Crippen molar-refractivity contribution >= 4 is 51.2 Å². The van der Waals surface area contributed by atoms with Crippen LogP contribution < -0.4 is 16.0 Å². The van der Waals surface area contributed by atoms with Gasteiger partial charge in [0.25, 0.3) is 17.7 Å². The van der Waals surface area contributed by atoms with Crippen LogP contribution in [0.1, 0.15) is 36.6 Å². The summed E-state index contributed by atoms with van der Waals surface area (Å²) < 4.78 is 0.685. The van der Waals surface area contributed by atoms with Crippen molar-refractivity contribution in [1.29, 1.82) is 0 Å². The molecule has 3 aromatic carbocycles. The van der Waals surface area contributed by atoms with E-state index in [2.05, 4.69) is 31.9 Å². The molecule has 1 atom stereocenters. The molecular weight excluding hydrogens is 554 g/mol. The predicted molar refractivity (Wildman–Crippen MR) is 136 cm³/mol. The van der Waals surface area contributed by atoms with Crippen LogP contribution in [0.15, 0.2) is 71.2 Å². The normalized spacial score (nSPS) is 11.3. The van der Waals surface area contributed by atoms with Gasteiger partial charge in [-0.25, -0.2) is 4.79 Å². The largest absolute Gasteiger partial charge is 0.508 e. The van der Waals surface area contributed by atoms with Gasteiger partial charge in [0.2, 0.25) is 0 Å². The number of carboxylic acids is 1. The maximum Gasteiger partial charge on any atom is 0.328 e. The van der Waals surface area contributed by atoms with E-state index < -0.39 is 29.7 Å². The van der Waals surface area contributed by atoms with Gasteiger partial charge in [0.05, 0.1) is 10.6 Å². The first-order chi connectivity index (χ1) is 17.1. The molecule has 0 radical (unpaired) electrons. The van der Waals surface area contributed by atoms with Crippen LogP contribution in [0, 0.1) is 0 Å². The zero-order valence-corrected chi connectivity index (χ0v) is 21.0. The molecule has 11 heteroatoms. The summed E-state index contributed by atoms with van der Waals surface area (Å²) in [7, 11) is 0. The van der Waals surface area contributed by atoms with E-state index in [4.69, 9.17) is 11.6 Å². The molecule has 0 aromatic heterocycles. The van der Waals surface area contributed by atoms with Crippen LogP contribution in [0.3, 0.4) is 0 Å². The van der Waals surface area contributed by atoms with Gasteiger partial charge >= 0.3 is 5.97 Å². The molecule has 9 nitrogen and oxygen atoms in total. The topological polar surface area (TPSA) is 145 Å². The molecule has 0 saturated carbocycles. The first-order valence-corrected chi connectivity index (χ1v) is 11.7. The Hall–Kier alpha value is -3.89. The van der Waals surface area contributed by atoms with Crippen LogP contribution in [0.25, 0.3) is 0 Å². The van der Waals surface area contributed by atoms with Crippen LogP contribution in [0.2, 0.25) is 5.02 Å². The van der Waals surface area contributed by atoms with Crippen LogP contribution in [0.4, 0.5) is 0 Å². The number of carbonyl (C=O) groups excluding carboxylic acids is 3. The number of aromatic hydroxyl groups is 1. The summed E-state index contributed by atoms with van der Waals surface area (Å²) in [5, 5.41) is 26.4. The fraction of sp³-hybridized carbons (Fsp3) is 0.120. The number of carbonyl (C=O) groups is 4. The number of nitrogens with one attached hydrogen (secondary N) is 3. The third-order valence-corrected chi connectivity index (χ3v) is 5.80. The fourth-order valence-electron chi connectivity index (χ4n) is 3.15. The second-order valence-corrected chi connectivity index (χ2v) is 8.95. The van der Waals surface area contributed by atoms with Crippen molar-refractivity contribution in [2.75, 3.05) is 6.54 Å². The molecule has 3 aromatic rings. The predicted octanol–water partition coefficient (Wildman–Crippen LogP) is 3.35. The summed E-state index contributed by atoms with van der Waals surface area (Å²) in [6.07, 6.45) is 0. The van der Waals surface area contributed by atoms with Crippen molar-refractivity contribution in [2.45, 2.75) is 12.6 Å². The Morgan fingerprint density at radius 1 is 0.861 bits per heavy atom. The lowest BCUT2D eigenvalue weighted by Crippen LogP contribution is -2.48. The molecule has 3 amide bonds. The zero-order chi connectivity index (χ0) is 26.2. The van der Waals surface area contributed by atoms with E-state index in [1.54, 1.807) is 36.4 Å². The minimum absolute atomic E-state index is 0.0363. The number of phenolic OH excluding ortho intramolecular Hbond substituents is 1. The number of benzene rings is 3. The third kappa shape index (κ3) is 7.30. The first kappa shape index (κ1) is 26.7. The van der Waals surface area contributed by atoms with E-state index in [0.717, 1.165) is 0 Å². The molecular formula is C25H21BrClN3O6. The van der Waals surface area contributed by atoms with E-state index in [1.807, 2.05) is 0 Å². The van der Waals surface area contributed by atoms with Crippen molar-refractivity contribution in [2.24, 2.45) is 0 Å². The molecule has 0 spiro atoms. The lowest BCUT2D eigenvalue weighted by atomic mass is 10.1. The molecule has 5 N–H and O–H groups in total. The van der Waals surface area contributed by atoms with E-state index in [9.17, 15) is 29.4 Å². The third-order valence-electron chi connectivity index (χ3n) is 5.00. The Kier molecular flexibility index (Phi) is 9.04. The highest BCUT2D eigenvalue weighted by atomic mass is 79.9. The SMILES string of the molecule is O=C(NCc1cccc(O)c1)c1ccc(C(=O)N[C@@H](CNC(=O)c2cccc(Br)c2)C(=O)O)c(Cl)c1. The van der Waals surface area contributed by atoms with Crippen LogP contribution in [-0.2, 0) is 11.3 Å². The van der Waals surface area contributed by atoms with E-state index in [-0.39, 0.29) is 35.0 Å². The number of hydrogen-bond donors (Lipinski definition) is 5. The number of hydrogen-bond acceptors (Lipinski definition) is 5. The lowest BCUT2D eigenvalue weighted by molar-refractivity contribution is -0.139. The van der Waals surface area contributed by atoms with Gasteiger partial charge in [-0.2, -0.15) is 0 Å². The zero-order valence-electron chi connectivity index (χ0n) is 18.6. The molecule has 186 valence electrons. The molecule has 36 heavy (non-hydrogen) atoms. The van der Waals surface area contributed by atoms with Crippen molar-refractivity contribution < 1.29 is 29.4 Å². The van der Waals surface area contributed by atoms with Gasteiger partial charge in [-0.1, -0.05) is 45.7 Å². The standard InChI is InChI=1S/C25H21BrClN3O6/c26-17-5-2-4-15(10-17)22(32)29-13-21(25(35)36)30-24(34)19-8-7-16(11-20(19)27)23(33)28-12-14-3-1-6-18(31)9-14/h1-11,21,31H,12-13H2,(H,28,33)(H,29,32)(H,30,34)(H,35,36)/t21-/m0/s1. The monoisotopic (exact) mass is 573 g/mol. The van der Waals surface area contributed by atoms with Crippen molar-refractivity contribution in [3.05, 3.63) is 98.5 Å². The smallest absolute Gasteiger partial charge is 0.328 e. The fourth-order valence-corrected chi connectivity index (χ4v) is 3.82. The molecule has 0 aliphatic carbocycles. The molecule has 0 unspecified atom stereocenters. The molecule has 0 saturated heterocycles. The van der Waals surface area contributed by atoms with Gasteiger partial charge in [-0.3, -0.25) is 14.4 Å². The summed E-state index contributed by atoms with van der Waals surface area (Å²) in [6.45, 7) is -0.196. The van der Waals surface area contributed by atoms with E-state index in [1.165, 1.54) is 30.3 Å². The first-order valence-electron chi connectivity index (χ1n) is 10.6. The average molecular weight is 575 g/mol. The van der Waals surface area contributed by atoms with E-state index >= 15 is 0 Å². The Balaban J connectivity index is 1.61. The Morgan fingerprint density at radius 2 is 1.56 bits per heavy atom. The number of halogens is 2. The lowest BCUT2D eigenvalue weighted by Gasteiger charge is -2.16. The van der Waals surface area contributed by atoms with E-state index in [0.29, 0.717) is 15.6 Å². The molecule has 0 aliphatic rings. The maximum atomic E-state index is 12.7. The summed E-state index contributed by atoms with van der Waals surface area (Å²) in [5.74, 6) is -3.01. The number of amides is 3. The number of aliphatic carboxylic acids is 1. The Labute approximate surface area is 219 Å². The molecule has 0 bridgehead atoms. The number of phenols is 1. The number of rotatable bonds is 9. The molecule has 0 heterocycles. The second kappa shape index (κ2) is 12.2. The Morgan fingerprint density at radius 3 is 2.22 bits per heavy atom. The molecule has 0 aliphatic heterocycles. The Bertz CT molecular complexity index is 1320. The van der Waals surface area contributed by atoms with Crippen molar-refractivity contribution in [1.82, 2.24) is 16.0 Å². The van der Waals surface area contributed by atoms with Gasteiger partial charge in [0, 0.05) is 28.7 Å². The summed E-state index contributed by atoms with van der Waals surface area (Å²) in [4.78, 5) is 49.0. The van der Waals surface area contributed by atoms with Crippen LogP contribution in [-0.4, -0.2) is 46.5 Å². The molecule has 3 rings (SSSR count). The minimum atomic E-state index is -1.42. The number of carboxylic acid groups (broad SMARTS) is 1. The minimum Gasteiger partial charge on any atom is -0.508 e. The maximum absolute atomic E-state index is 12.7. The summed E-state index contributed by atoms with van der Waals surface area (Å²) >= 11 is 9.45. The van der Waals surface area contributed by atoms with Crippen molar-refractivity contribution in [3.63, 3.8) is 0 Å². The summed E-state index contributed by atoms with van der Waals surface area (Å²) in [5.41, 5.74) is 1.16. The second-order valence-electron chi connectivity index (χ2n) is 7.63. The van der Waals surface area contributed by atoms with Gasteiger partial charge in [0.1, 0.15) is 11.8 Å². The average Bonchev–Trinajstić information content (AvgIpc) is 2.84. The van der Waals surface area contributed by atoms with Gasteiger partial charge in [0.15, 0.2) is 0 Å². The van der Waals surface area contributed by atoms with Gasteiger partial charge in [-0.05, 0) is 54.1 Å². The van der Waals surface area contributed by atoms with Gasteiger partial charge in [-0.15, -0.1) is 0 Å². The highest BCUT2D eigenvalue weighted by Gasteiger charge is 2.23. The quantitative estimate of drug-likeness (QED) is 0.265. The van der Waals surface area contributed by atoms with Crippen LogP contribution >= 0.6 is 27.5 Å². The van der Waals surface area contributed by atoms with Gasteiger partial charge < -0.3 is 26.2 Å². The molecule has 0 fully saturated rings. The highest BCUT2D eigenvalue weighted by molar-refractivity contribution is 9.10. The summed E-state index contributed by atoms with van der Waals surface area (Å²) in [6, 6.07) is 15.5. The highest BCUT2D eigenvalue weighted by Crippen LogP contribution is 2.19. The van der Waals surface area contributed by atoms with Crippen molar-refractivity contribution in [3.8, 4) is 5.75 Å². The van der Waals surface area contributed by atoms with Crippen LogP contribution in [0.5, 0.6) is 5.75 Å².